The predicted octanol–water partition coefficient (Wildman–Crippen LogP) is 1.31. The van der Waals surface area contributed by atoms with Crippen molar-refractivity contribution in [3.8, 4) is 24.3 Å². The molecule has 0 aliphatic rings. The molecule has 1 aromatic carbocycles. The summed E-state index contributed by atoms with van der Waals surface area (Å²) in [6.07, 6.45) is 1.28. The normalized spacial score (nSPS) is 10.3. The van der Waals surface area contributed by atoms with E-state index >= 15 is 0 Å². The Labute approximate surface area is 150 Å². The van der Waals surface area contributed by atoms with Crippen LogP contribution in [0.15, 0.2) is 6.20 Å². The topological polar surface area (TPSA) is 172 Å². The van der Waals surface area contributed by atoms with Crippen LogP contribution >= 0.6 is 0 Å². The summed E-state index contributed by atoms with van der Waals surface area (Å²) in [5, 5.41) is 36.9. The maximum atomic E-state index is 9.27. The average molecular weight is 348 g/mol. The number of hydrogen-bond donors (Lipinski definition) is 0. The number of benzene rings is 1. The van der Waals surface area contributed by atoms with Gasteiger partial charge in [-0.15, -0.1) is 0 Å². The first-order valence-corrected chi connectivity index (χ1v) is 7.40. The van der Waals surface area contributed by atoms with Gasteiger partial charge in [-0.1, -0.05) is 0 Å². The quantitative estimate of drug-likeness (QED) is 0.421. The molecule has 0 saturated heterocycles. The van der Waals surface area contributed by atoms with Gasteiger partial charge < -0.3 is 0 Å². The predicted molar refractivity (Wildman–Crippen MR) is 89.3 cm³/mol. The van der Waals surface area contributed by atoms with Gasteiger partial charge in [-0.2, -0.15) is 21.0 Å². The summed E-state index contributed by atoms with van der Waals surface area (Å²) >= 11 is 0. The van der Waals surface area contributed by atoms with E-state index in [1.54, 1.807) is 6.92 Å². The highest BCUT2D eigenvalue weighted by Crippen LogP contribution is 2.30. The Bertz CT molecular complexity index is 1480. The van der Waals surface area contributed by atoms with E-state index in [1.807, 2.05) is 24.3 Å². The Kier molecular flexibility index (Phi) is 3.28. The number of nitriles is 4. The van der Waals surface area contributed by atoms with Crippen molar-refractivity contribution in [3.63, 3.8) is 0 Å². The Balaban J connectivity index is 2.38. The fourth-order valence-corrected chi connectivity index (χ4v) is 2.66. The van der Waals surface area contributed by atoms with Crippen LogP contribution in [-0.4, -0.2) is 29.9 Å². The van der Waals surface area contributed by atoms with Gasteiger partial charge in [-0.3, -0.25) is 0 Å². The third kappa shape index (κ3) is 2.16. The highest BCUT2D eigenvalue weighted by Gasteiger charge is 2.20. The molecular weight excluding hydrogens is 344 g/mol. The van der Waals surface area contributed by atoms with E-state index in [-0.39, 0.29) is 44.8 Å². The second-order valence-electron chi connectivity index (χ2n) is 5.37. The number of aromatic nitrogens is 6. The minimum Gasteiger partial charge on any atom is -0.249 e. The molecule has 0 fully saturated rings. The molecule has 0 radical (unpaired) electrons. The Morgan fingerprint density at radius 1 is 0.593 bits per heavy atom. The zero-order chi connectivity index (χ0) is 19.1. The van der Waals surface area contributed by atoms with E-state index in [4.69, 9.17) is 5.26 Å². The van der Waals surface area contributed by atoms with Crippen molar-refractivity contribution in [2.45, 2.75) is 6.92 Å². The van der Waals surface area contributed by atoms with E-state index in [9.17, 15) is 15.8 Å². The van der Waals surface area contributed by atoms with Gasteiger partial charge in [-0.05, 0) is 6.92 Å². The van der Waals surface area contributed by atoms with Crippen LogP contribution in [0.5, 0.6) is 0 Å². The highest BCUT2D eigenvalue weighted by atomic mass is 14.9. The summed E-state index contributed by atoms with van der Waals surface area (Å²) < 4.78 is 0. The zero-order valence-corrected chi connectivity index (χ0v) is 13.5. The van der Waals surface area contributed by atoms with Crippen LogP contribution in [0.25, 0.3) is 33.1 Å². The van der Waals surface area contributed by atoms with Crippen LogP contribution in [0.2, 0.25) is 0 Å². The lowest BCUT2D eigenvalue weighted by atomic mass is 10.1. The molecule has 0 saturated carbocycles. The van der Waals surface area contributed by atoms with Gasteiger partial charge in [0.1, 0.15) is 57.4 Å². The van der Waals surface area contributed by atoms with Crippen molar-refractivity contribution >= 4 is 33.1 Å². The summed E-state index contributed by atoms with van der Waals surface area (Å²) in [4.78, 5) is 25.5. The second kappa shape index (κ2) is 5.63. The minimum atomic E-state index is -0.185. The fourth-order valence-electron chi connectivity index (χ4n) is 2.66. The summed E-state index contributed by atoms with van der Waals surface area (Å²) in [6.45, 7) is 1.63. The molecule has 0 bridgehead atoms. The standard InChI is InChI=1S/C17H4N10/c1-7-9(3-19)25-15-13(23-7)12-14(24-8(2-18)6-22-12)16-17(15)27-11(5-21)10(4-20)26-16/h6H,1H3. The van der Waals surface area contributed by atoms with Crippen LogP contribution in [0.1, 0.15) is 28.5 Å². The molecule has 0 atom stereocenters. The minimum absolute atomic E-state index is 0.0474. The average Bonchev–Trinajstić information content (AvgIpc) is 2.71. The molecule has 0 spiro atoms. The van der Waals surface area contributed by atoms with Gasteiger partial charge in [0.25, 0.3) is 0 Å². The van der Waals surface area contributed by atoms with Gasteiger partial charge in [0.2, 0.25) is 0 Å². The van der Waals surface area contributed by atoms with Crippen LogP contribution < -0.4 is 0 Å². The monoisotopic (exact) mass is 348 g/mol. The molecule has 122 valence electrons. The van der Waals surface area contributed by atoms with E-state index in [1.165, 1.54) is 6.20 Å². The van der Waals surface area contributed by atoms with E-state index in [2.05, 4.69) is 29.9 Å². The van der Waals surface area contributed by atoms with Crippen LogP contribution in [-0.2, 0) is 0 Å². The first-order chi connectivity index (χ1) is 13.1. The van der Waals surface area contributed by atoms with E-state index in [0.717, 1.165) is 0 Å². The number of hydrogen-bond acceptors (Lipinski definition) is 10. The zero-order valence-electron chi connectivity index (χ0n) is 13.5. The number of rotatable bonds is 0. The molecule has 27 heavy (non-hydrogen) atoms. The molecule has 0 aliphatic heterocycles. The molecule has 0 aliphatic carbocycles. The van der Waals surface area contributed by atoms with Gasteiger partial charge in [-0.25, -0.2) is 29.9 Å². The molecule has 4 rings (SSSR count). The van der Waals surface area contributed by atoms with Crippen molar-refractivity contribution < 1.29 is 0 Å². The van der Waals surface area contributed by atoms with Crippen molar-refractivity contribution in [1.29, 1.82) is 21.0 Å². The Hall–Kier alpha value is -4.80. The van der Waals surface area contributed by atoms with Crippen molar-refractivity contribution in [2.24, 2.45) is 0 Å². The summed E-state index contributed by atoms with van der Waals surface area (Å²) in [6, 6.07) is 7.48. The van der Waals surface area contributed by atoms with Crippen LogP contribution in [0, 0.1) is 52.2 Å². The number of fused-ring (bicyclic) bond motifs is 6. The molecule has 0 amide bonds. The number of aryl methyl sites for hydroxylation is 1. The molecule has 10 nitrogen and oxygen atoms in total. The van der Waals surface area contributed by atoms with Gasteiger partial charge in [0, 0.05) is 0 Å². The first kappa shape index (κ1) is 15.7. The van der Waals surface area contributed by atoms with E-state index in [0.29, 0.717) is 16.7 Å². The summed E-state index contributed by atoms with van der Waals surface area (Å²) in [5.41, 5.74) is 1.51. The lowest BCUT2D eigenvalue weighted by Gasteiger charge is -2.08. The van der Waals surface area contributed by atoms with Crippen LogP contribution in [0.3, 0.4) is 0 Å². The molecule has 10 heteroatoms. The maximum Gasteiger partial charge on any atom is 0.177 e. The largest absolute Gasteiger partial charge is 0.249 e. The smallest absolute Gasteiger partial charge is 0.177 e. The Morgan fingerprint density at radius 3 is 1.59 bits per heavy atom. The van der Waals surface area contributed by atoms with Crippen molar-refractivity contribution in [2.75, 3.05) is 0 Å². The number of nitrogens with zero attached hydrogens (tertiary/aromatic N) is 10. The molecule has 3 aromatic heterocycles. The summed E-state index contributed by atoms with van der Waals surface area (Å²) in [7, 11) is 0. The van der Waals surface area contributed by atoms with Crippen molar-refractivity contribution in [3.05, 3.63) is 34.7 Å². The lowest BCUT2D eigenvalue weighted by molar-refractivity contribution is 1.14. The highest BCUT2D eigenvalue weighted by molar-refractivity contribution is 6.18. The van der Waals surface area contributed by atoms with E-state index < -0.39 is 0 Å². The lowest BCUT2D eigenvalue weighted by Crippen LogP contribution is -2.03. The maximum absolute atomic E-state index is 9.27. The molecule has 0 unspecified atom stereocenters. The van der Waals surface area contributed by atoms with Crippen molar-refractivity contribution in [1.82, 2.24) is 29.9 Å². The second-order valence-corrected chi connectivity index (χ2v) is 5.37. The molecule has 0 N–H and O–H groups in total. The third-order valence-corrected chi connectivity index (χ3v) is 3.84. The summed E-state index contributed by atoms with van der Waals surface area (Å²) in [5.74, 6) is 0. The SMILES string of the molecule is Cc1nc2c3ncc(C#N)nc3c3nc(C#N)c(C#N)nc3c2nc1C#N. The van der Waals surface area contributed by atoms with Crippen LogP contribution in [0.4, 0.5) is 0 Å². The third-order valence-electron chi connectivity index (χ3n) is 3.84. The van der Waals surface area contributed by atoms with Gasteiger partial charge in [0.15, 0.2) is 22.8 Å². The molecular formula is C17H4N10. The molecule has 3 heterocycles. The first-order valence-electron chi connectivity index (χ1n) is 7.40. The Morgan fingerprint density at radius 2 is 1.07 bits per heavy atom. The van der Waals surface area contributed by atoms with Gasteiger partial charge in [0.05, 0.1) is 11.9 Å². The molecule has 4 aromatic rings. The van der Waals surface area contributed by atoms with Gasteiger partial charge >= 0.3 is 0 Å². The fraction of sp³-hybridized carbons (Fsp3) is 0.0588.